The highest BCUT2D eigenvalue weighted by molar-refractivity contribution is 5.97. The van der Waals surface area contributed by atoms with Crippen molar-refractivity contribution in [2.24, 2.45) is 0 Å². The molecule has 0 aliphatic heterocycles. The lowest BCUT2D eigenvalue weighted by Crippen LogP contribution is -2.17. The Bertz CT molecular complexity index is 641. The van der Waals surface area contributed by atoms with Crippen LogP contribution in [-0.2, 0) is 9.59 Å². The minimum Gasteiger partial charge on any atom is -0.495 e. The summed E-state index contributed by atoms with van der Waals surface area (Å²) >= 11 is 0. The fraction of sp³-hybridized carbons (Fsp3) is 0.176. The summed E-state index contributed by atoms with van der Waals surface area (Å²) in [6.07, 6.45) is 0.229. The van der Waals surface area contributed by atoms with Crippen LogP contribution in [-0.4, -0.2) is 18.9 Å². The number of amides is 2. The number of methoxy groups -OCH3 is 1. The van der Waals surface area contributed by atoms with Gasteiger partial charge in [0.15, 0.2) is 0 Å². The van der Waals surface area contributed by atoms with Gasteiger partial charge in [-0.25, -0.2) is 0 Å². The van der Waals surface area contributed by atoms with E-state index in [0.717, 1.165) is 5.69 Å². The quantitative estimate of drug-likeness (QED) is 0.861. The third kappa shape index (κ3) is 4.63. The van der Waals surface area contributed by atoms with Gasteiger partial charge in [-0.3, -0.25) is 9.59 Å². The van der Waals surface area contributed by atoms with Crippen molar-refractivity contribution >= 4 is 23.2 Å². The number of benzene rings is 2. The fourth-order valence-corrected chi connectivity index (χ4v) is 1.93. The molecule has 0 saturated carbocycles. The van der Waals surface area contributed by atoms with Crippen LogP contribution in [0.3, 0.4) is 0 Å². The molecule has 2 amide bonds. The van der Waals surface area contributed by atoms with E-state index in [-0.39, 0.29) is 24.7 Å². The van der Waals surface area contributed by atoms with Crippen molar-refractivity contribution in [2.75, 3.05) is 17.7 Å². The van der Waals surface area contributed by atoms with E-state index in [1.807, 2.05) is 24.3 Å². The third-order valence-electron chi connectivity index (χ3n) is 3.02. The van der Waals surface area contributed by atoms with E-state index in [9.17, 15) is 9.59 Å². The van der Waals surface area contributed by atoms with Crippen LogP contribution in [0.5, 0.6) is 5.75 Å². The van der Waals surface area contributed by atoms with E-state index in [4.69, 9.17) is 4.74 Å². The number of ether oxygens (including phenoxy) is 1. The minimum atomic E-state index is -0.229. The lowest BCUT2D eigenvalue weighted by molar-refractivity contribution is -0.121. The van der Waals surface area contributed by atoms with Gasteiger partial charge in [0.05, 0.1) is 12.8 Å². The van der Waals surface area contributed by atoms with Gasteiger partial charge in [-0.05, 0) is 24.3 Å². The number of hydrogen-bond acceptors (Lipinski definition) is 3. The second-order valence-corrected chi connectivity index (χ2v) is 4.66. The molecule has 114 valence electrons. The average Bonchev–Trinajstić information content (AvgIpc) is 2.54. The van der Waals surface area contributed by atoms with Crippen LogP contribution in [0.2, 0.25) is 0 Å². The van der Waals surface area contributed by atoms with Crippen LogP contribution in [0.15, 0.2) is 54.6 Å². The normalized spacial score (nSPS) is 9.86. The molecule has 0 atom stereocenters. The van der Waals surface area contributed by atoms with Crippen molar-refractivity contribution < 1.29 is 14.3 Å². The summed E-state index contributed by atoms with van der Waals surface area (Å²) in [5, 5.41) is 5.48. The molecule has 0 fully saturated rings. The molecule has 0 aromatic heterocycles. The average molecular weight is 298 g/mol. The molecule has 0 unspecified atom stereocenters. The number of carbonyl (C=O) groups excluding carboxylic acids is 2. The first-order valence-corrected chi connectivity index (χ1v) is 6.97. The Morgan fingerprint density at radius 1 is 0.864 bits per heavy atom. The topological polar surface area (TPSA) is 67.4 Å². The van der Waals surface area contributed by atoms with Crippen molar-refractivity contribution in [3.05, 3.63) is 54.6 Å². The molecule has 0 saturated heterocycles. The van der Waals surface area contributed by atoms with Crippen LogP contribution >= 0.6 is 0 Å². The van der Waals surface area contributed by atoms with Crippen molar-refractivity contribution in [1.29, 1.82) is 0 Å². The lowest BCUT2D eigenvalue weighted by Gasteiger charge is -2.09. The Balaban J connectivity index is 1.81. The predicted octanol–water partition coefficient (Wildman–Crippen LogP) is 3.05. The first kappa shape index (κ1) is 15.6. The number of anilines is 2. The van der Waals surface area contributed by atoms with Gasteiger partial charge in [0, 0.05) is 18.5 Å². The van der Waals surface area contributed by atoms with E-state index in [1.54, 1.807) is 30.3 Å². The largest absolute Gasteiger partial charge is 0.495 e. The van der Waals surface area contributed by atoms with Crippen LogP contribution in [0.1, 0.15) is 12.8 Å². The molecule has 2 N–H and O–H groups in total. The number of hydrogen-bond donors (Lipinski definition) is 2. The third-order valence-corrected chi connectivity index (χ3v) is 3.02. The van der Waals surface area contributed by atoms with Gasteiger partial charge in [-0.15, -0.1) is 0 Å². The predicted molar refractivity (Wildman–Crippen MR) is 85.9 cm³/mol. The molecule has 0 aliphatic carbocycles. The van der Waals surface area contributed by atoms with Crippen molar-refractivity contribution in [2.45, 2.75) is 12.8 Å². The van der Waals surface area contributed by atoms with E-state index in [0.29, 0.717) is 11.4 Å². The van der Waals surface area contributed by atoms with Gasteiger partial charge < -0.3 is 15.4 Å². The van der Waals surface area contributed by atoms with E-state index in [1.165, 1.54) is 7.11 Å². The highest BCUT2D eigenvalue weighted by atomic mass is 16.5. The SMILES string of the molecule is COc1ccccc1NC(=O)CCC(=O)Nc1ccccc1. The molecule has 0 aliphatic rings. The molecule has 0 radical (unpaired) electrons. The van der Waals surface area contributed by atoms with Gasteiger partial charge in [0.1, 0.15) is 5.75 Å². The van der Waals surface area contributed by atoms with Crippen LogP contribution in [0, 0.1) is 0 Å². The van der Waals surface area contributed by atoms with Gasteiger partial charge in [-0.1, -0.05) is 30.3 Å². The smallest absolute Gasteiger partial charge is 0.224 e. The summed E-state index contributed by atoms with van der Waals surface area (Å²) in [5.41, 5.74) is 1.32. The zero-order chi connectivity index (χ0) is 15.8. The van der Waals surface area contributed by atoms with Crippen molar-refractivity contribution in [3.8, 4) is 5.75 Å². The Hall–Kier alpha value is -2.82. The summed E-state index contributed by atoms with van der Waals surface area (Å²) < 4.78 is 5.16. The second-order valence-electron chi connectivity index (χ2n) is 4.66. The van der Waals surface area contributed by atoms with Crippen molar-refractivity contribution in [3.63, 3.8) is 0 Å². The zero-order valence-corrected chi connectivity index (χ0v) is 12.3. The molecule has 0 heterocycles. The molecule has 2 aromatic carbocycles. The molecule has 5 heteroatoms. The van der Waals surface area contributed by atoms with Gasteiger partial charge in [0.2, 0.25) is 11.8 Å². The van der Waals surface area contributed by atoms with Crippen LogP contribution in [0.25, 0.3) is 0 Å². The van der Waals surface area contributed by atoms with Crippen molar-refractivity contribution in [1.82, 2.24) is 0 Å². The minimum absolute atomic E-state index is 0.108. The number of para-hydroxylation sites is 3. The van der Waals surface area contributed by atoms with Crippen LogP contribution in [0.4, 0.5) is 11.4 Å². The van der Waals surface area contributed by atoms with E-state index >= 15 is 0 Å². The molecule has 2 aromatic rings. The summed E-state index contributed by atoms with van der Waals surface area (Å²) in [4.78, 5) is 23.7. The van der Waals surface area contributed by atoms with Gasteiger partial charge in [0.25, 0.3) is 0 Å². The molecule has 5 nitrogen and oxygen atoms in total. The number of carbonyl (C=O) groups is 2. The Morgan fingerprint density at radius 2 is 1.45 bits per heavy atom. The second kappa shape index (κ2) is 7.83. The van der Waals surface area contributed by atoms with Gasteiger partial charge in [-0.2, -0.15) is 0 Å². The summed E-state index contributed by atoms with van der Waals surface area (Å²) in [6.45, 7) is 0. The standard InChI is InChI=1S/C17H18N2O3/c1-22-15-10-6-5-9-14(15)19-17(21)12-11-16(20)18-13-7-3-2-4-8-13/h2-10H,11-12H2,1H3,(H,18,20)(H,19,21). The lowest BCUT2D eigenvalue weighted by atomic mass is 10.2. The Morgan fingerprint density at radius 3 is 2.14 bits per heavy atom. The highest BCUT2D eigenvalue weighted by Crippen LogP contribution is 2.23. The fourth-order valence-electron chi connectivity index (χ4n) is 1.93. The highest BCUT2D eigenvalue weighted by Gasteiger charge is 2.09. The Kier molecular flexibility index (Phi) is 5.54. The summed E-state index contributed by atoms with van der Waals surface area (Å²) in [6, 6.07) is 16.3. The van der Waals surface area contributed by atoms with Crippen LogP contribution < -0.4 is 15.4 Å². The maximum Gasteiger partial charge on any atom is 0.224 e. The zero-order valence-electron chi connectivity index (χ0n) is 12.3. The molecule has 22 heavy (non-hydrogen) atoms. The summed E-state index contributed by atoms with van der Waals surface area (Å²) in [7, 11) is 1.54. The number of rotatable bonds is 6. The Labute approximate surface area is 129 Å². The first-order valence-electron chi connectivity index (χ1n) is 6.97. The maximum absolute atomic E-state index is 11.9. The maximum atomic E-state index is 11.9. The molecule has 0 bridgehead atoms. The van der Waals surface area contributed by atoms with E-state index < -0.39 is 0 Å². The molecule has 2 rings (SSSR count). The van der Waals surface area contributed by atoms with E-state index in [2.05, 4.69) is 10.6 Å². The molecule has 0 spiro atoms. The molecular weight excluding hydrogens is 280 g/mol. The monoisotopic (exact) mass is 298 g/mol. The first-order chi connectivity index (χ1) is 10.7. The number of nitrogens with one attached hydrogen (secondary N) is 2. The molecular formula is C17H18N2O3. The summed E-state index contributed by atoms with van der Waals surface area (Å²) in [5.74, 6) is 0.165. The van der Waals surface area contributed by atoms with Gasteiger partial charge >= 0.3 is 0 Å².